The maximum atomic E-state index is 13.2. The van der Waals surface area contributed by atoms with Gasteiger partial charge in [0.15, 0.2) is 0 Å². The Hall–Kier alpha value is -4.13. The van der Waals surface area contributed by atoms with Crippen LogP contribution >= 0.6 is 0 Å². The Balaban J connectivity index is 1.84. The molecule has 1 aliphatic rings. The van der Waals surface area contributed by atoms with Crippen molar-refractivity contribution in [3.8, 4) is 5.75 Å². The van der Waals surface area contributed by atoms with E-state index in [1.807, 2.05) is 50.2 Å². The third-order valence-corrected chi connectivity index (χ3v) is 5.79. The van der Waals surface area contributed by atoms with E-state index < -0.39 is 17.7 Å². The van der Waals surface area contributed by atoms with E-state index in [4.69, 9.17) is 4.74 Å². The first-order valence-electron chi connectivity index (χ1n) is 11.1. The van der Waals surface area contributed by atoms with Crippen molar-refractivity contribution in [1.82, 2.24) is 9.88 Å². The van der Waals surface area contributed by atoms with Gasteiger partial charge in [0.1, 0.15) is 11.5 Å². The van der Waals surface area contributed by atoms with Gasteiger partial charge < -0.3 is 19.6 Å². The van der Waals surface area contributed by atoms with Crippen molar-refractivity contribution in [2.45, 2.75) is 19.5 Å². The summed E-state index contributed by atoms with van der Waals surface area (Å²) in [5.74, 6) is -1.01. The number of aromatic nitrogens is 1. The molecule has 1 amide bonds. The molecule has 1 fully saturated rings. The predicted octanol–water partition coefficient (Wildman–Crippen LogP) is 4.17. The van der Waals surface area contributed by atoms with Crippen LogP contribution in [0.4, 0.5) is 5.69 Å². The Morgan fingerprint density at radius 1 is 1.06 bits per heavy atom. The van der Waals surface area contributed by atoms with E-state index in [9.17, 15) is 14.7 Å². The zero-order chi connectivity index (χ0) is 24.2. The molecule has 0 radical (unpaired) electrons. The highest BCUT2D eigenvalue weighted by molar-refractivity contribution is 6.46. The quantitative estimate of drug-likeness (QED) is 0.326. The van der Waals surface area contributed by atoms with Crippen molar-refractivity contribution >= 4 is 23.1 Å². The molecule has 1 unspecified atom stereocenters. The minimum absolute atomic E-state index is 0.0605. The van der Waals surface area contributed by atoms with Crippen LogP contribution in [0.15, 0.2) is 78.6 Å². The number of amides is 1. The normalized spacial score (nSPS) is 17.1. The number of carbonyl (C=O) groups is 2. The summed E-state index contributed by atoms with van der Waals surface area (Å²) in [5, 5.41) is 11.3. The van der Waals surface area contributed by atoms with Gasteiger partial charge in [-0.25, -0.2) is 0 Å². The van der Waals surface area contributed by atoms with E-state index in [1.165, 1.54) is 4.90 Å². The molecule has 1 saturated heterocycles. The van der Waals surface area contributed by atoms with Gasteiger partial charge >= 0.3 is 0 Å². The summed E-state index contributed by atoms with van der Waals surface area (Å²) < 4.78 is 5.55. The third kappa shape index (κ3) is 4.50. The van der Waals surface area contributed by atoms with E-state index in [0.717, 1.165) is 16.8 Å². The maximum Gasteiger partial charge on any atom is 0.295 e. The average Bonchev–Trinajstić information content (AvgIpc) is 3.09. The van der Waals surface area contributed by atoms with Crippen molar-refractivity contribution in [3.05, 3.63) is 95.3 Å². The molecule has 174 valence electrons. The van der Waals surface area contributed by atoms with Gasteiger partial charge in [-0.1, -0.05) is 24.3 Å². The molecule has 0 spiro atoms. The van der Waals surface area contributed by atoms with Gasteiger partial charge in [0.2, 0.25) is 0 Å². The van der Waals surface area contributed by atoms with Crippen molar-refractivity contribution < 1.29 is 19.4 Å². The minimum atomic E-state index is -0.736. The van der Waals surface area contributed by atoms with Crippen LogP contribution in [0.3, 0.4) is 0 Å². The number of hydrogen-bond donors (Lipinski definition) is 1. The summed E-state index contributed by atoms with van der Waals surface area (Å²) in [5.41, 5.74) is 3.04. The fourth-order valence-electron chi connectivity index (χ4n) is 4.08. The lowest BCUT2D eigenvalue weighted by Gasteiger charge is -2.26. The van der Waals surface area contributed by atoms with Gasteiger partial charge in [-0.3, -0.25) is 14.6 Å². The number of anilines is 1. The molecular weight excluding hydrogens is 430 g/mol. The zero-order valence-electron chi connectivity index (χ0n) is 19.4. The number of carbonyl (C=O) groups excluding carboxylic acids is 2. The SMILES string of the molecule is CCOc1cccc(C(O)=C2C(=O)C(=O)N(Cc3ccncc3)C2c2ccc(N(C)C)cc2)c1. The van der Waals surface area contributed by atoms with Crippen molar-refractivity contribution in [2.24, 2.45) is 0 Å². The van der Waals surface area contributed by atoms with Gasteiger partial charge in [0.05, 0.1) is 18.2 Å². The Labute approximate surface area is 198 Å². The van der Waals surface area contributed by atoms with Crippen LogP contribution < -0.4 is 9.64 Å². The fraction of sp³-hybridized carbons (Fsp3) is 0.222. The van der Waals surface area contributed by atoms with Crippen molar-refractivity contribution in [1.29, 1.82) is 0 Å². The second-order valence-corrected chi connectivity index (χ2v) is 8.23. The number of Topliss-reactive ketones (excluding diaryl/α,β-unsaturated/α-hetero) is 1. The molecular formula is C27H27N3O4. The highest BCUT2D eigenvalue weighted by Gasteiger charge is 2.46. The van der Waals surface area contributed by atoms with Crippen molar-refractivity contribution in [3.63, 3.8) is 0 Å². The predicted molar refractivity (Wildman–Crippen MR) is 130 cm³/mol. The number of aliphatic hydroxyl groups excluding tert-OH is 1. The molecule has 7 nitrogen and oxygen atoms in total. The highest BCUT2D eigenvalue weighted by atomic mass is 16.5. The lowest BCUT2D eigenvalue weighted by Crippen LogP contribution is -2.29. The summed E-state index contributed by atoms with van der Waals surface area (Å²) in [4.78, 5) is 33.9. The standard InChI is InChI=1S/C27H27N3O4/c1-4-34-22-7-5-6-20(16-22)25(31)23-24(19-8-10-21(11-9-19)29(2)3)30(27(33)26(23)32)17-18-12-14-28-15-13-18/h5-16,24,31H,4,17H2,1-3H3. The van der Waals surface area contributed by atoms with Crippen LogP contribution in [0.1, 0.15) is 29.7 Å². The molecule has 1 atom stereocenters. The summed E-state index contributed by atoms with van der Waals surface area (Å²) in [6.45, 7) is 2.55. The Morgan fingerprint density at radius 2 is 1.76 bits per heavy atom. The molecule has 0 bridgehead atoms. The van der Waals surface area contributed by atoms with Gasteiger partial charge in [-0.2, -0.15) is 0 Å². The molecule has 1 N–H and O–H groups in total. The summed E-state index contributed by atoms with van der Waals surface area (Å²) >= 11 is 0. The second kappa shape index (κ2) is 9.79. The third-order valence-electron chi connectivity index (χ3n) is 5.79. The number of ketones is 1. The summed E-state index contributed by atoms with van der Waals surface area (Å²) in [6, 6.07) is 17.4. The highest BCUT2D eigenvalue weighted by Crippen LogP contribution is 2.41. The van der Waals surface area contributed by atoms with E-state index in [-0.39, 0.29) is 17.9 Å². The van der Waals surface area contributed by atoms with Crippen LogP contribution in [-0.2, 0) is 16.1 Å². The van der Waals surface area contributed by atoms with E-state index >= 15 is 0 Å². The molecule has 34 heavy (non-hydrogen) atoms. The molecule has 0 saturated carbocycles. The first kappa shape index (κ1) is 23.0. The number of hydrogen-bond acceptors (Lipinski definition) is 6. The van der Waals surface area contributed by atoms with Crippen LogP contribution in [-0.4, -0.2) is 47.4 Å². The van der Waals surface area contributed by atoms with Crippen LogP contribution in [0.25, 0.3) is 5.76 Å². The molecule has 7 heteroatoms. The van der Waals surface area contributed by atoms with Gasteiger partial charge in [0.25, 0.3) is 11.7 Å². The first-order valence-corrected chi connectivity index (χ1v) is 11.1. The Bertz CT molecular complexity index is 1220. The van der Waals surface area contributed by atoms with E-state index in [0.29, 0.717) is 17.9 Å². The molecule has 3 aromatic rings. The molecule has 1 aliphatic heterocycles. The second-order valence-electron chi connectivity index (χ2n) is 8.23. The first-order chi connectivity index (χ1) is 16.4. The largest absolute Gasteiger partial charge is 0.507 e. The molecule has 0 aliphatic carbocycles. The molecule has 4 rings (SSSR count). The number of benzene rings is 2. The molecule has 2 heterocycles. The lowest BCUT2D eigenvalue weighted by molar-refractivity contribution is -0.140. The van der Waals surface area contributed by atoms with E-state index in [1.54, 1.807) is 48.8 Å². The lowest BCUT2D eigenvalue weighted by atomic mass is 9.95. The minimum Gasteiger partial charge on any atom is -0.507 e. The number of nitrogens with zero attached hydrogens (tertiary/aromatic N) is 3. The van der Waals surface area contributed by atoms with E-state index in [2.05, 4.69) is 4.98 Å². The van der Waals surface area contributed by atoms with Gasteiger partial charge in [0, 0.05) is 44.3 Å². The summed E-state index contributed by atoms with van der Waals surface area (Å²) in [6.07, 6.45) is 3.29. The smallest absolute Gasteiger partial charge is 0.295 e. The van der Waals surface area contributed by atoms with Gasteiger partial charge in [-0.05, 0) is 54.4 Å². The van der Waals surface area contributed by atoms with Crippen LogP contribution in [0.5, 0.6) is 5.75 Å². The van der Waals surface area contributed by atoms with Crippen LogP contribution in [0.2, 0.25) is 0 Å². The number of aliphatic hydroxyl groups is 1. The van der Waals surface area contributed by atoms with Gasteiger partial charge in [-0.15, -0.1) is 0 Å². The number of rotatable bonds is 7. The zero-order valence-corrected chi connectivity index (χ0v) is 19.4. The Morgan fingerprint density at radius 3 is 2.41 bits per heavy atom. The monoisotopic (exact) mass is 457 g/mol. The van der Waals surface area contributed by atoms with Crippen LogP contribution in [0, 0.1) is 0 Å². The fourth-order valence-corrected chi connectivity index (χ4v) is 4.08. The molecule has 1 aromatic heterocycles. The number of ether oxygens (including phenoxy) is 1. The summed E-state index contributed by atoms with van der Waals surface area (Å²) in [7, 11) is 3.88. The average molecular weight is 458 g/mol. The molecule has 2 aromatic carbocycles. The van der Waals surface area contributed by atoms with Crippen molar-refractivity contribution in [2.75, 3.05) is 25.6 Å². The number of likely N-dealkylation sites (tertiary alicyclic amines) is 1. The number of pyridine rings is 1. The maximum absolute atomic E-state index is 13.2. The Kier molecular flexibility index (Phi) is 6.63. The topological polar surface area (TPSA) is 83.0 Å².